The maximum atomic E-state index is 5.51. The van der Waals surface area contributed by atoms with E-state index in [9.17, 15) is 0 Å². The fraction of sp³-hybridized carbons (Fsp3) is 0.333. The molecular formula is C15H20N4. The van der Waals surface area contributed by atoms with Gasteiger partial charge in [-0.2, -0.15) is 0 Å². The summed E-state index contributed by atoms with van der Waals surface area (Å²) in [5.41, 5.74) is 6.05. The number of hydrogen-bond donors (Lipinski definition) is 2. The average Bonchev–Trinajstić information content (AvgIpc) is 2.47. The number of nitrogens with one attached hydrogen (secondary N) is 1. The Balaban J connectivity index is 2.16. The zero-order chi connectivity index (χ0) is 13.7. The average molecular weight is 256 g/mol. The molecule has 0 aliphatic carbocycles. The fourth-order valence-electron chi connectivity index (χ4n) is 2.11. The number of benzene rings is 1. The summed E-state index contributed by atoms with van der Waals surface area (Å²) >= 11 is 0. The number of aryl methyl sites for hydroxylation is 3. The van der Waals surface area contributed by atoms with Crippen LogP contribution in [-0.2, 0) is 19.3 Å². The quantitative estimate of drug-likeness (QED) is 0.637. The van der Waals surface area contributed by atoms with Crippen LogP contribution in [0.25, 0.3) is 0 Å². The van der Waals surface area contributed by atoms with Gasteiger partial charge in [0.15, 0.2) is 0 Å². The summed E-state index contributed by atoms with van der Waals surface area (Å²) in [4.78, 5) is 9.08. The first-order chi connectivity index (χ1) is 9.24. The maximum Gasteiger partial charge on any atom is 0.146 e. The number of nitrogen functional groups attached to an aromatic ring is 1. The predicted octanol–water partition coefficient (Wildman–Crippen LogP) is 2.42. The van der Waals surface area contributed by atoms with Gasteiger partial charge in [0.2, 0.25) is 0 Å². The lowest BCUT2D eigenvalue weighted by Crippen LogP contribution is -2.14. The molecule has 0 aliphatic heterocycles. The van der Waals surface area contributed by atoms with E-state index in [1.807, 2.05) is 13.0 Å². The van der Waals surface area contributed by atoms with Crippen LogP contribution < -0.4 is 11.3 Å². The third-order valence-corrected chi connectivity index (χ3v) is 3.24. The van der Waals surface area contributed by atoms with Gasteiger partial charge in [0.1, 0.15) is 11.6 Å². The highest BCUT2D eigenvalue weighted by molar-refractivity contribution is 5.44. The summed E-state index contributed by atoms with van der Waals surface area (Å²) in [6.45, 7) is 4.09. The minimum Gasteiger partial charge on any atom is -0.308 e. The van der Waals surface area contributed by atoms with Crippen molar-refractivity contribution in [3.8, 4) is 0 Å². The SMILES string of the molecule is CCc1nc(CCc2ccccc2)nc(NN)c1C. The van der Waals surface area contributed by atoms with Gasteiger partial charge in [-0.3, -0.25) is 0 Å². The van der Waals surface area contributed by atoms with Crippen molar-refractivity contribution < 1.29 is 0 Å². The molecule has 0 amide bonds. The molecule has 4 heteroatoms. The molecule has 0 spiro atoms. The van der Waals surface area contributed by atoms with Crippen molar-refractivity contribution in [3.05, 3.63) is 53.0 Å². The molecule has 19 heavy (non-hydrogen) atoms. The van der Waals surface area contributed by atoms with Crippen molar-refractivity contribution in [1.29, 1.82) is 0 Å². The molecule has 0 aliphatic rings. The molecule has 0 radical (unpaired) electrons. The summed E-state index contributed by atoms with van der Waals surface area (Å²) in [6.07, 6.45) is 2.66. The number of nitrogens with zero attached hydrogens (tertiary/aromatic N) is 2. The van der Waals surface area contributed by atoms with Crippen molar-refractivity contribution in [2.75, 3.05) is 5.43 Å². The largest absolute Gasteiger partial charge is 0.308 e. The van der Waals surface area contributed by atoms with E-state index in [0.29, 0.717) is 0 Å². The van der Waals surface area contributed by atoms with E-state index in [4.69, 9.17) is 5.84 Å². The third kappa shape index (κ3) is 3.29. The molecule has 4 nitrogen and oxygen atoms in total. The molecule has 1 aromatic heterocycles. The molecule has 2 rings (SSSR count). The van der Waals surface area contributed by atoms with Gasteiger partial charge in [-0.25, -0.2) is 15.8 Å². The van der Waals surface area contributed by atoms with E-state index >= 15 is 0 Å². The lowest BCUT2D eigenvalue weighted by Gasteiger charge is -2.10. The van der Waals surface area contributed by atoms with Crippen LogP contribution in [0.3, 0.4) is 0 Å². The second-order valence-corrected chi connectivity index (χ2v) is 4.54. The van der Waals surface area contributed by atoms with Crippen LogP contribution in [0.15, 0.2) is 30.3 Å². The van der Waals surface area contributed by atoms with Gasteiger partial charge in [0.25, 0.3) is 0 Å². The first kappa shape index (κ1) is 13.5. The Kier molecular flexibility index (Phi) is 4.47. The maximum absolute atomic E-state index is 5.51. The van der Waals surface area contributed by atoms with Gasteiger partial charge in [0, 0.05) is 17.7 Å². The van der Waals surface area contributed by atoms with Gasteiger partial charge in [-0.05, 0) is 25.3 Å². The molecule has 0 saturated heterocycles. The highest BCUT2D eigenvalue weighted by Gasteiger charge is 2.08. The molecule has 0 atom stereocenters. The summed E-state index contributed by atoms with van der Waals surface area (Å²) in [7, 11) is 0. The minimum atomic E-state index is 0.731. The van der Waals surface area contributed by atoms with Crippen LogP contribution in [0, 0.1) is 6.92 Å². The molecular weight excluding hydrogens is 236 g/mol. The predicted molar refractivity (Wildman–Crippen MR) is 77.8 cm³/mol. The number of aromatic nitrogens is 2. The Morgan fingerprint density at radius 1 is 1.11 bits per heavy atom. The fourth-order valence-corrected chi connectivity index (χ4v) is 2.11. The van der Waals surface area contributed by atoms with Crippen molar-refractivity contribution in [3.63, 3.8) is 0 Å². The number of rotatable bonds is 5. The second-order valence-electron chi connectivity index (χ2n) is 4.54. The van der Waals surface area contributed by atoms with Crippen molar-refractivity contribution in [2.24, 2.45) is 5.84 Å². The normalized spacial score (nSPS) is 10.5. The van der Waals surface area contributed by atoms with Crippen LogP contribution in [0.2, 0.25) is 0 Å². The smallest absolute Gasteiger partial charge is 0.146 e. The Morgan fingerprint density at radius 2 is 1.84 bits per heavy atom. The Hall–Kier alpha value is -1.94. The minimum absolute atomic E-state index is 0.731. The zero-order valence-corrected chi connectivity index (χ0v) is 11.5. The van der Waals surface area contributed by atoms with Gasteiger partial charge in [-0.15, -0.1) is 0 Å². The Bertz CT molecular complexity index is 512. The molecule has 3 N–H and O–H groups in total. The molecule has 0 bridgehead atoms. The Morgan fingerprint density at radius 3 is 2.47 bits per heavy atom. The van der Waals surface area contributed by atoms with E-state index in [1.165, 1.54) is 5.56 Å². The van der Waals surface area contributed by atoms with E-state index in [1.54, 1.807) is 0 Å². The molecule has 1 aromatic carbocycles. The summed E-state index contributed by atoms with van der Waals surface area (Å²) < 4.78 is 0. The molecule has 0 fully saturated rings. The number of hydrazine groups is 1. The first-order valence-corrected chi connectivity index (χ1v) is 6.61. The summed E-state index contributed by atoms with van der Waals surface area (Å²) in [5, 5.41) is 0. The number of nitrogens with two attached hydrogens (primary N) is 1. The lowest BCUT2D eigenvalue weighted by atomic mass is 10.1. The lowest BCUT2D eigenvalue weighted by molar-refractivity contribution is 0.824. The van der Waals surface area contributed by atoms with Gasteiger partial charge in [-0.1, -0.05) is 37.3 Å². The third-order valence-electron chi connectivity index (χ3n) is 3.24. The van der Waals surface area contributed by atoms with Crippen LogP contribution >= 0.6 is 0 Å². The molecule has 0 unspecified atom stereocenters. The molecule has 100 valence electrons. The summed E-state index contributed by atoms with van der Waals surface area (Å²) in [5.74, 6) is 7.09. The van der Waals surface area contributed by atoms with Crippen molar-refractivity contribution >= 4 is 5.82 Å². The van der Waals surface area contributed by atoms with Gasteiger partial charge in [0.05, 0.1) is 0 Å². The van der Waals surface area contributed by atoms with Crippen molar-refractivity contribution in [2.45, 2.75) is 33.1 Å². The number of hydrogen-bond acceptors (Lipinski definition) is 4. The number of anilines is 1. The van der Waals surface area contributed by atoms with E-state index < -0.39 is 0 Å². The van der Waals surface area contributed by atoms with Crippen molar-refractivity contribution in [1.82, 2.24) is 9.97 Å². The van der Waals surface area contributed by atoms with E-state index in [-0.39, 0.29) is 0 Å². The highest BCUT2D eigenvalue weighted by atomic mass is 15.3. The van der Waals surface area contributed by atoms with Crippen LogP contribution in [0.1, 0.15) is 29.6 Å². The second kappa shape index (κ2) is 6.29. The van der Waals surface area contributed by atoms with Gasteiger partial charge < -0.3 is 5.43 Å². The monoisotopic (exact) mass is 256 g/mol. The van der Waals surface area contributed by atoms with E-state index in [0.717, 1.165) is 42.2 Å². The Labute approximate surface area is 114 Å². The molecule has 0 saturated carbocycles. The van der Waals surface area contributed by atoms with Crippen LogP contribution in [0.5, 0.6) is 0 Å². The van der Waals surface area contributed by atoms with Gasteiger partial charge >= 0.3 is 0 Å². The van der Waals surface area contributed by atoms with E-state index in [2.05, 4.69) is 46.6 Å². The zero-order valence-electron chi connectivity index (χ0n) is 11.5. The molecule has 2 aromatic rings. The summed E-state index contributed by atoms with van der Waals surface area (Å²) in [6, 6.07) is 10.4. The van der Waals surface area contributed by atoms with Crippen LogP contribution in [0.4, 0.5) is 5.82 Å². The first-order valence-electron chi connectivity index (χ1n) is 6.61. The highest BCUT2D eigenvalue weighted by Crippen LogP contribution is 2.16. The van der Waals surface area contributed by atoms with Crippen LogP contribution in [-0.4, -0.2) is 9.97 Å². The topological polar surface area (TPSA) is 63.8 Å². The standard InChI is InChI=1S/C15H20N4/c1-3-13-11(2)15(19-16)18-14(17-13)10-9-12-7-5-4-6-8-12/h4-8H,3,9-10,16H2,1-2H3,(H,17,18,19). The molecule has 1 heterocycles.